The van der Waals surface area contributed by atoms with Crippen LogP contribution in [0.15, 0.2) is 60.7 Å². The fourth-order valence-corrected chi connectivity index (χ4v) is 4.46. The molecule has 4 N–H and O–H groups in total. The quantitative estimate of drug-likeness (QED) is 0.348. The molecule has 0 bridgehead atoms. The number of carbonyl (C=O) groups is 3. The van der Waals surface area contributed by atoms with Crippen LogP contribution >= 0.6 is 0 Å². The second kappa shape index (κ2) is 14.6. The van der Waals surface area contributed by atoms with Crippen LogP contribution in [0, 0.1) is 5.92 Å². The number of benzene rings is 2. The van der Waals surface area contributed by atoms with Crippen LogP contribution in [0.3, 0.4) is 0 Å². The molecular weight excluding hydrogens is 498 g/mol. The van der Waals surface area contributed by atoms with Gasteiger partial charge in [-0.25, -0.2) is 4.79 Å². The molecule has 3 atom stereocenters. The molecule has 0 aliphatic carbocycles. The van der Waals surface area contributed by atoms with Gasteiger partial charge >= 0.3 is 6.09 Å². The average molecular weight is 540 g/mol. The van der Waals surface area contributed by atoms with Crippen molar-refractivity contribution in [2.45, 2.75) is 76.8 Å². The highest BCUT2D eigenvalue weighted by molar-refractivity contribution is 5.87. The molecule has 2 aromatic carbocycles. The van der Waals surface area contributed by atoms with E-state index in [9.17, 15) is 19.5 Å². The molecule has 1 aliphatic rings. The van der Waals surface area contributed by atoms with Crippen molar-refractivity contribution in [1.29, 1.82) is 0 Å². The molecule has 1 saturated heterocycles. The molecule has 0 radical (unpaired) electrons. The Balaban J connectivity index is 1.74. The van der Waals surface area contributed by atoms with Crippen LogP contribution in [0.5, 0.6) is 0 Å². The number of aliphatic hydroxyl groups excluding tert-OH is 1. The van der Waals surface area contributed by atoms with Crippen LogP contribution in [0.1, 0.15) is 51.2 Å². The molecule has 0 spiro atoms. The summed E-state index contributed by atoms with van der Waals surface area (Å²) >= 11 is 0. The van der Waals surface area contributed by atoms with Crippen molar-refractivity contribution in [2.24, 2.45) is 5.92 Å². The number of rotatable bonds is 11. The van der Waals surface area contributed by atoms with Crippen molar-refractivity contribution < 1.29 is 29.0 Å². The van der Waals surface area contributed by atoms with Gasteiger partial charge in [0.15, 0.2) is 6.10 Å². The maximum Gasteiger partial charge on any atom is 0.408 e. The summed E-state index contributed by atoms with van der Waals surface area (Å²) in [5.74, 6) is -0.902. The van der Waals surface area contributed by atoms with Crippen molar-refractivity contribution in [1.82, 2.24) is 16.0 Å². The molecule has 9 nitrogen and oxygen atoms in total. The van der Waals surface area contributed by atoms with Crippen LogP contribution in [-0.2, 0) is 32.0 Å². The van der Waals surface area contributed by atoms with E-state index in [1.807, 2.05) is 60.7 Å². The maximum absolute atomic E-state index is 13.6. The summed E-state index contributed by atoms with van der Waals surface area (Å²) in [5, 5.41) is 19.4. The lowest BCUT2D eigenvalue weighted by Crippen LogP contribution is -2.57. The SMILES string of the molecule is CC(C)(C)OC(=O)NC(CC1CCOCC1)C(=O)N[C@@H](Cc1ccccc1)C(O)C(=O)NCc1ccccc1. The zero-order chi connectivity index (χ0) is 28.3. The van der Waals surface area contributed by atoms with Crippen LogP contribution < -0.4 is 16.0 Å². The molecule has 9 heteroatoms. The fraction of sp³-hybridized carbons (Fsp3) is 0.500. The van der Waals surface area contributed by atoms with Crippen LogP contribution in [0.4, 0.5) is 4.79 Å². The standard InChI is InChI=1S/C30H41N3O6/c1-30(2,3)39-29(37)33-25(19-22-14-16-38-17-15-22)27(35)32-24(18-21-10-6-4-7-11-21)26(34)28(36)31-20-23-12-8-5-9-13-23/h4-13,22,24-26,34H,14-20H2,1-3H3,(H,31,36)(H,32,35)(H,33,37)/t24-,25?,26?/m0/s1. The Labute approximate surface area is 230 Å². The lowest BCUT2D eigenvalue weighted by molar-refractivity contribution is -0.133. The van der Waals surface area contributed by atoms with Gasteiger partial charge in [0.25, 0.3) is 5.91 Å². The molecule has 2 aromatic rings. The Morgan fingerprint density at radius 1 is 0.923 bits per heavy atom. The van der Waals surface area contributed by atoms with Gasteiger partial charge < -0.3 is 30.5 Å². The van der Waals surface area contributed by atoms with Gasteiger partial charge in [-0.05, 0) is 63.5 Å². The second-order valence-corrected chi connectivity index (χ2v) is 10.9. The van der Waals surface area contributed by atoms with Crippen molar-refractivity contribution in [3.63, 3.8) is 0 Å². The Kier molecular flexibility index (Phi) is 11.3. The third-order valence-corrected chi connectivity index (χ3v) is 6.50. The molecule has 39 heavy (non-hydrogen) atoms. The highest BCUT2D eigenvalue weighted by atomic mass is 16.6. The summed E-state index contributed by atoms with van der Waals surface area (Å²) in [6.45, 7) is 6.70. The topological polar surface area (TPSA) is 126 Å². The highest BCUT2D eigenvalue weighted by Crippen LogP contribution is 2.21. The highest BCUT2D eigenvalue weighted by Gasteiger charge is 2.33. The predicted molar refractivity (Wildman–Crippen MR) is 148 cm³/mol. The van der Waals surface area contributed by atoms with E-state index in [2.05, 4.69) is 16.0 Å². The van der Waals surface area contributed by atoms with Gasteiger partial charge in [0, 0.05) is 19.8 Å². The largest absolute Gasteiger partial charge is 0.444 e. The van der Waals surface area contributed by atoms with Gasteiger partial charge in [-0.15, -0.1) is 0 Å². The summed E-state index contributed by atoms with van der Waals surface area (Å²) in [4.78, 5) is 39.1. The second-order valence-electron chi connectivity index (χ2n) is 10.9. The minimum absolute atomic E-state index is 0.177. The number of nitrogens with one attached hydrogen (secondary N) is 3. The Morgan fingerprint density at radius 3 is 2.10 bits per heavy atom. The number of hydrogen-bond acceptors (Lipinski definition) is 6. The third kappa shape index (κ3) is 10.7. The number of hydrogen-bond donors (Lipinski definition) is 4. The van der Waals surface area contributed by atoms with Gasteiger partial charge in [0.2, 0.25) is 5.91 Å². The predicted octanol–water partition coefficient (Wildman–Crippen LogP) is 3.10. The smallest absolute Gasteiger partial charge is 0.408 e. The maximum atomic E-state index is 13.6. The van der Waals surface area contributed by atoms with E-state index >= 15 is 0 Å². The van der Waals surface area contributed by atoms with Crippen molar-refractivity contribution in [3.8, 4) is 0 Å². The van der Waals surface area contributed by atoms with Crippen molar-refractivity contribution in [2.75, 3.05) is 13.2 Å². The van der Waals surface area contributed by atoms with Crippen LogP contribution in [0.25, 0.3) is 0 Å². The summed E-state index contributed by atoms with van der Waals surface area (Å²) < 4.78 is 10.8. The van der Waals surface area contributed by atoms with E-state index in [1.54, 1.807) is 20.8 Å². The molecule has 3 amide bonds. The van der Waals surface area contributed by atoms with Gasteiger partial charge in [-0.1, -0.05) is 60.7 Å². The molecule has 212 valence electrons. The van der Waals surface area contributed by atoms with Gasteiger partial charge in [-0.3, -0.25) is 9.59 Å². The Hall–Kier alpha value is -3.43. The number of amides is 3. The zero-order valence-corrected chi connectivity index (χ0v) is 23.0. The normalized spacial score (nSPS) is 16.4. The first kappa shape index (κ1) is 30.1. The molecule has 1 aliphatic heterocycles. The molecule has 0 saturated carbocycles. The van der Waals surface area contributed by atoms with Crippen molar-refractivity contribution in [3.05, 3.63) is 71.8 Å². The number of aliphatic hydroxyl groups is 1. The van der Waals surface area contributed by atoms with E-state index < -0.39 is 41.7 Å². The minimum atomic E-state index is -1.51. The number of carbonyl (C=O) groups excluding carboxylic acids is 3. The minimum Gasteiger partial charge on any atom is -0.444 e. The van der Waals surface area contributed by atoms with Gasteiger partial charge in [0.05, 0.1) is 6.04 Å². The first-order valence-corrected chi connectivity index (χ1v) is 13.5. The van der Waals surface area contributed by atoms with E-state index in [0.29, 0.717) is 19.6 Å². The monoisotopic (exact) mass is 539 g/mol. The first-order chi connectivity index (χ1) is 18.6. The van der Waals surface area contributed by atoms with Gasteiger partial charge in [0.1, 0.15) is 11.6 Å². The third-order valence-electron chi connectivity index (χ3n) is 6.50. The number of alkyl carbamates (subject to hydrolysis) is 1. The summed E-state index contributed by atoms with van der Waals surface area (Å²) in [6.07, 6.45) is -0.0418. The van der Waals surface area contributed by atoms with E-state index in [4.69, 9.17) is 9.47 Å². The summed E-state index contributed by atoms with van der Waals surface area (Å²) in [5.41, 5.74) is 1.01. The molecule has 1 fully saturated rings. The van der Waals surface area contributed by atoms with Gasteiger partial charge in [-0.2, -0.15) is 0 Å². The average Bonchev–Trinajstić information content (AvgIpc) is 2.91. The van der Waals surface area contributed by atoms with Crippen molar-refractivity contribution >= 4 is 17.9 Å². The zero-order valence-electron chi connectivity index (χ0n) is 23.0. The molecule has 3 rings (SSSR count). The van der Waals surface area contributed by atoms with E-state index in [0.717, 1.165) is 24.0 Å². The first-order valence-electron chi connectivity index (χ1n) is 13.5. The van der Waals surface area contributed by atoms with Crippen LogP contribution in [0.2, 0.25) is 0 Å². The van der Waals surface area contributed by atoms with Crippen LogP contribution in [-0.4, -0.2) is 60.0 Å². The molecule has 2 unspecified atom stereocenters. The van der Waals surface area contributed by atoms with E-state index in [-0.39, 0.29) is 18.9 Å². The summed E-state index contributed by atoms with van der Waals surface area (Å²) in [7, 11) is 0. The molecular formula is C30H41N3O6. The molecule has 1 heterocycles. The Morgan fingerprint density at radius 2 is 1.51 bits per heavy atom. The lowest BCUT2D eigenvalue weighted by atomic mass is 9.91. The number of ether oxygens (including phenoxy) is 2. The Bertz CT molecular complexity index is 1050. The summed E-state index contributed by atoms with van der Waals surface area (Å²) in [6, 6.07) is 16.9. The lowest BCUT2D eigenvalue weighted by Gasteiger charge is -2.30. The molecule has 0 aromatic heterocycles. The fourth-order valence-electron chi connectivity index (χ4n) is 4.46. The van der Waals surface area contributed by atoms with E-state index in [1.165, 1.54) is 0 Å².